The predicted octanol–water partition coefficient (Wildman–Crippen LogP) is 4.55. The highest BCUT2D eigenvalue weighted by Gasteiger charge is 2.35. The van der Waals surface area contributed by atoms with Gasteiger partial charge < -0.3 is 10.2 Å². The Kier molecular flexibility index (Phi) is 6.14. The Morgan fingerprint density at radius 3 is 2.52 bits per heavy atom. The monoisotopic (exact) mass is 452 g/mol. The Morgan fingerprint density at radius 2 is 1.84 bits per heavy atom. The molecule has 166 valence electrons. The number of fused-ring (bicyclic) bond motifs is 1. The van der Waals surface area contributed by atoms with Crippen molar-refractivity contribution in [2.75, 3.05) is 38.2 Å². The number of benzene rings is 2. The molecule has 2 N–H and O–H groups in total. The molecule has 9 heteroatoms. The van der Waals surface area contributed by atoms with Gasteiger partial charge in [-0.3, -0.25) is 15.0 Å². The fraction of sp³-hybridized carbons (Fsp3) is 0.409. The highest BCUT2D eigenvalue weighted by Crippen LogP contribution is 2.43. The quantitative estimate of drug-likeness (QED) is 0.717. The van der Waals surface area contributed by atoms with Gasteiger partial charge in [-0.05, 0) is 23.8 Å². The van der Waals surface area contributed by atoms with Gasteiger partial charge in [0.05, 0.1) is 18.4 Å². The Morgan fingerprint density at radius 1 is 1.13 bits per heavy atom. The molecule has 31 heavy (non-hydrogen) atoms. The zero-order valence-electron chi connectivity index (χ0n) is 17.1. The van der Waals surface area contributed by atoms with Crippen LogP contribution in [0.5, 0.6) is 0 Å². The summed E-state index contributed by atoms with van der Waals surface area (Å²) in [5.41, 5.74) is 1.34. The van der Waals surface area contributed by atoms with Crippen LogP contribution in [0.1, 0.15) is 30.6 Å². The maximum absolute atomic E-state index is 13.5. The molecule has 1 fully saturated rings. The van der Waals surface area contributed by atoms with Gasteiger partial charge in [-0.1, -0.05) is 36.7 Å². The van der Waals surface area contributed by atoms with Crippen LogP contribution in [0.25, 0.3) is 11.1 Å². The second kappa shape index (κ2) is 8.68. The summed E-state index contributed by atoms with van der Waals surface area (Å²) in [4.78, 5) is 16.0. The van der Waals surface area contributed by atoms with E-state index in [0.717, 1.165) is 17.3 Å². The number of piperazine rings is 1. The van der Waals surface area contributed by atoms with E-state index in [1.807, 2.05) is 11.8 Å². The molecular weight excluding hydrogens is 429 g/mol. The first-order chi connectivity index (χ1) is 14.8. The second-order valence-electron chi connectivity index (χ2n) is 7.69. The van der Waals surface area contributed by atoms with Gasteiger partial charge in [0.15, 0.2) is 0 Å². The SMILES string of the molecule is CCC(=O)N1CCN(C2NCNc3cc(-c4ccccc4C(F)(F)F)c(Cl)cc32)CC1. The zero-order chi connectivity index (χ0) is 22.2. The van der Waals surface area contributed by atoms with Gasteiger partial charge in [-0.2, -0.15) is 13.2 Å². The molecule has 0 aromatic heterocycles. The Labute approximate surface area is 184 Å². The van der Waals surface area contributed by atoms with E-state index in [2.05, 4.69) is 15.5 Å². The summed E-state index contributed by atoms with van der Waals surface area (Å²) in [6, 6.07) is 8.91. The molecule has 1 atom stereocenters. The largest absolute Gasteiger partial charge is 0.417 e. The van der Waals surface area contributed by atoms with E-state index < -0.39 is 11.7 Å². The Balaban J connectivity index is 1.64. The van der Waals surface area contributed by atoms with Gasteiger partial charge in [-0.15, -0.1) is 0 Å². The maximum atomic E-state index is 13.5. The smallest absolute Gasteiger partial charge is 0.372 e. The minimum absolute atomic E-state index is 0.0615. The predicted molar refractivity (Wildman–Crippen MR) is 115 cm³/mol. The molecule has 2 aliphatic heterocycles. The summed E-state index contributed by atoms with van der Waals surface area (Å²) in [6.07, 6.45) is -4.10. The number of nitrogens with zero attached hydrogens (tertiary/aromatic N) is 2. The minimum atomic E-state index is -4.47. The summed E-state index contributed by atoms with van der Waals surface area (Å²) in [5.74, 6) is 0.148. The third-order valence-corrected chi connectivity index (χ3v) is 6.18. The van der Waals surface area contributed by atoms with E-state index >= 15 is 0 Å². The summed E-state index contributed by atoms with van der Waals surface area (Å²) >= 11 is 6.51. The van der Waals surface area contributed by atoms with Gasteiger partial charge in [0.25, 0.3) is 0 Å². The van der Waals surface area contributed by atoms with Crippen molar-refractivity contribution in [3.8, 4) is 11.1 Å². The molecule has 0 spiro atoms. The third kappa shape index (κ3) is 4.37. The molecule has 4 rings (SSSR count). The van der Waals surface area contributed by atoms with Crippen molar-refractivity contribution < 1.29 is 18.0 Å². The van der Waals surface area contributed by atoms with Crippen molar-refractivity contribution >= 4 is 23.2 Å². The topological polar surface area (TPSA) is 47.6 Å². The molecule has 1 unspecified atom stereocenters. The van der Waals surface area contributed by atoms with Crippen LogP contribution in [0.3, 0.4) is 0 Å². The average molecular weight is 453 g/mol. The normalized spacial score (nSPS) is 19.6. The van der Waals surface area contributed by atoms with Gasteiger partial charge in [-0.25, -0.2) is 0 Å². The van der Waals surface area contributed by atoms with Crippen molar-refractivity contribution in [1.29, 1.82) is 0 Å². The molecule has 1 amide bonds. The van der Waals surface area contributed by atoms with Crippen LogP contribution in [0.4, 0.5) is 18.9 Å². The third-order valence-electron chi connectivity index (χ3n) is 5.87. The van der Waals surface area contributed by atoms with Crippen molar-refractivity contribution in [2.45, 2.75) is 25.7 Å². The molecule has 2 aliphatic rings. The van der Waals surface area contributed by atoms with Gasteiger partial charge in [0.1, 0.15) is 0 Å². The summed E-state index contributed by atoms with van der Waals surface area (Å²) in [6.45, 7) is 5.05. The van der Waals surface area contributed by atoms with E-state index in [4.69, 9.17) is 11.6 Å². The van der Waals surface area contributed by atoms with Gasteiger partial charge in [0, 0.05) is 54.4 Å². The lowest BCUT2D eigenvalue weighted by Gasteiger charge is -2.42. The van der Waals surface area contributed by atoms with Gasteiger partial charge in [0.2, 0.25) is 5.91 Å². The van der Waals surface area contributed by atoms with Crippen LogP contribution in [0.15, 0.2) is 36.4 Å². The molecule has 5 nitrogen and oxygen atoms in total. The van der Waals surface area contributed by atoms with Crippen molar-refractivity contribution in [3.05, 3.63) is 52.5 Å². The maximum Gasteiger partial charge on any atom is 0.417 e. The number of anilines is 1. The number of carbonyl (C=O) groups is 1. The number of hydrogen-bond donors (Lipinski definition) is 2. The van der Waals surface area contributed by atoms with Crippen LogP contribution >= 0.6 is 11.6 Å². The van der Waals surface area contributed by atoms with E-state index in [1.165, 1.54) is 12.1 Å². The average Bonchev–Trinajstić information content (AvgIpc) is 2.77. The number of carbonyl (C=O) groups excluding carboxylic acids is 1. The van der Waals surface area contributed by atoms with E-state index in [0.29, 0.717) is 44.8 Å². The Bertz CT molecular complexity index is 974. The van der Waals surface area contributed by atoms with E-state index in [-0.39, 0.29) is 22.7 Å². The minimum Gasteiger partial charge on any atom is -0.372 e. The first-order valence-electron chi connectivity index (χ1n) is 10.3. The van der Waals surface area contributed by atoms with Crippen LogP contribution < -0.4 is 10.6 Å². The highest BCUT2D eigenvalue weighted by atomic mass is 35.5. The lowest BCUT2D eigenvalue weighted by atomic mass is 9.95. The highest BCUT2D eigenvalue weighted by molar-refractivity contribution is 6.33. The molecule has 2 aromatic rings. The number of hydrogen-bond acceptors (Lipinski definition) is 4. The number of halogens is 4. The molecular formula is C22H24ClF3N4O. The molecule has 2 heterocycles. The van der Waals surface area contributed by atoms with Crippen molar-refractivity contribution in [2.24, 2.45) is 0 Å². The Hall–Kier alpha value is -2.29. The molecule has 0 saturated carbocycles. The van der Waals surface area contributed by atoms with E-state index in [1.54, 1.807) is 18.2 Å². The fourth-order valence-electron chi connectivity index (χ4n) is 4.27. The summed E-state index contributed by atoms with van der Waals surface area (Å²) < 4.78 is 40.6. The van der Waals surface area contributed by atoms with E-state index in [9.17, 15) is 18.0 Å². The first kappa shape index (κ1) is 21.9. The molecule has 0 bridgehead atoms. The zero-order valence-corrected chi connectivity index (χ0v) is 17.9. The lowest BCUT2D eigenvalue weighted by molar-refractivity contribution is -0.137. The number of amides is 1. The van der Waals surface area contributed by atoms with Crippen LogP contribution in [-0.2, 0) is 11.0 Å². The molecule has 2 aromatic carbocycles. The molecule has 0 radical (unpaired) electrons. The lowest BCUT2D eigenvalue weighted by Crippen LogP contribution is -2.53. The van der Waals surface area contributed by atoms with Crippen molar-refractivity contribution in [3.63, 3.8) is 0 Å². The van der Waals surface area contributed by atoms with Crippen molar-refractivity contribution in [1.82, 2.24) is 15.1 Å². The number of nitrogens with one attached hydrogen (secondary N) is 2. The van der Waals surface area contributed by atoms with Crippen LogP contribution in [0.2, 0.25) is 5.02 Å². The molecule has 0 aliphatic carbocycles. The van der Waals surface area contributed by atoms with Crippen LogP contribution in [0, 0.1) is 0 Å². The number of rotatable bonds is 3. The fourth-order valence-corrected chi connectivity index (χ4v) is 4.55. The first-order valence-corrected chi connectivity index (χ1v) is 10.7. The van der Waals surface area contributed by atoms with Crippen LogP contribution in [-0.4, -0.2) is 48.6 Å². The molecule has 1 saturated heterocycles. The standard InChI is InChI=1S/C22H24ClF3N4O/c1-2-20(31)29-7-9-30(10-8-29)21-16-11-18(23)15(12-19(16)27-13-28-21)14-5-3-4-6-17(14)22(24,25)26/h3-6,11-12,21,27-28H,2,7-10,13H2,1H3. The number of alkyl halides is 3. The second-order valence-corrected chi connectivity index (χ2v) is 8.10. The summed E-state index contributed by atoms with van der Waals surface area (Å²) in [5, 5.41) is 6.89. The summed E-state index contributed by atoms with van der Waals surface area (Å²) in [7, 11) is 0. The van der Waals surface area contributed by atoms with Gasteiger partial charge >= 0.3 is 6.18 Å².